The van der Waals surface area contributed by atoms with Crippen molar-refractivity contribution in [1.82, 2.24) is 5.32 Å². The molecule has 1 aliphatic heterocycles. The summed E-state index contributed by atoms with van der Waals surface area (Å²) in [5, 5.41) is 5.09. The van der Waals surface area contributed by atoms with Crippen LogP contribution in [0.5, 0.6) is 0 Å². The maximum absolute atomic E-state index is 5.09. The van der Waals surface area contributed by atoms with E-state index in [1.807, 2.05) is 0 Å². The number of nitrogens with zero attached hydrogens (tertiary/aromatic N) is 1. The average Bonchev–Trinajstić information content (AvgIpc) is 2.75. The molecular formula is C20H26N. The Labute approximate surface area is 128 Å². The van der Waals surface area contributed by atoms with Gasteiger partial charge in [0, 0.05) is 17.2 Å². The maximum atomic E-state index is 5.09. The van der Waals surface area contributed by atoms with Crippen molar-refractivity contribution in [2.24, 2.45) is 11.3 Å². The normalized spacial score (nSPS) is 27.6. The minimum Gasteiger partial charge on any atom is -0.252 e. The van der Waals surface area contributed by atoms with Crippen molar-refractivity contribution >= 4 is 11.3 Å². The average molecular weight is 280 g/mol. The van der Waals surface area contributed by atoms with Gasteiger partial charge in [-0.05, 0) is 49.2 Å². The lowest BCUT2D eigenvalue weighted by molar-refractivity contribution is 0.165. The van der Waals surface area contributed by atoms with Crippen molar-refractivity contribution in [3.63, 3.8) is 0 Å². The highest BCUT2D eigenvalue weighted by atomic mass is 14.9. The molecule has 0 bridgehead atoms. The van der Waals surface area contributed by atoms with Crippen LogP contribution in [0.2, 0.25) is 0 Å². The first-order valence-corrected chi connectivity index (χ1v) is 8.82. The monoisotopic (exact) mass is 280 g/mol. The summed E-state index contributed by atoms with van der Waals surface area (Å²) in [6, 6.07) is 8.77. The van der Waals surface area contributed by atoms with E-state index in [-0.39, 0.29) is 0 Å². The smallest absolute Gasteiger partial charge is 0.0708 e. The van der Waals surface area contributed by atoms with Crippen molar-refractivity contribution in [3.05, 3.63) is 35.5 Å². The Balaban J connectivity index is 1.70. The van der Waals surface area contributed by atoms with Crippen LogP contribution in [0.1, 0.15) is 70.3 Å². The standard InChI is InChI=1S/C20H26N/c1-20(13-6-2-3-7-14-20)17-11-8-10-16-15-9-4-5-12-18(15)21-19(16)17/h4-5,9,12,17H,2-3,6-8,10-11,13-14H2,1H3. The zero-order valence-electron chi connectivity index (χ0n) is 13.2. The van der Waals surface area contributed by atoms with E-state index in [1.165, 1.54) is 74.7 Å². The highest BCUT2D eigenvalue weighted by Crippen LogP contribution is 2.53. The van der Waals surface area contributed by atoms with E-state index in [1.54, 1.807) is 5.57 Å². The molecule has 0 spiro atoms. The van der Waals surface area contributed by atoms with Gasteiger partial charge < -0.3 is 0 Å². The molecule has 4 rings (SSSR count). The summed E-state index contributed by atoms with van der Waals surface area (Å²) in [6.07, 6.45) is 12.5. The van der Waals surface area contributed by atoms with Gasteiger partial charge in [-0.25, -0.2) is 0 Å². The number of benzene rings is 1. The second-order valence-electron chi connectivity index (χ2n) is 7.51. The van der Waals surface area contributed by atoms with Gasteiger partial charge >= 0.3 is 0 Å². The van der Waals surface area contributed by atoms with Gasteiger partial charge in [0.25, 0.3) is 0 Å². The molecule has 0 amide bonds. The second kappa shape index (κ2) is 5.19. The number of allylic oxidation sites excluding steroid dienone is 2. The number of para-hydroxylation sites is 1. The zero-order valence-corrected chi connectivity index (χ0v) is 13.2. The van der Waals surface area contributed by atoms with Crippen molar-refractivity contribution in [2.45, 2.75) is 64.7 Å². The Morgan fingerprint density at radius 1 is 1.00 bits per heavy atom. The molecule has 1 nitrogen and oxygen atoms in total. The summed E-state index contributed by atoms with van der Waals surface area (Å²) >= 11 is 0. The second-order valence-corrected chi connectivity index (χ2v) is 7.51. The third kappa shape index (κ3) is 2.22. The molecule has 1 radical (unpaired) electrons. The van der Waals surface area contributed by atoms with Crippen LogP contribution < -0.4 is 5.32 Å². The third-order valence-electron chi connectivity index (χ3n) is 6.12. The number of hydrogen-bond acceptors (Lipinski definition) is 0. The molecule has 21 heavy (non-hydrogen) atoms. The topological polar surface area (TPSA) is 14.1 Å². The summed E-state index contributed by atoms with van der Waals surface area (Å²) in [5.74, 6) is 0.701. The molecule has 1 heteroatoms. The van der Waals surface area contributed by atoms with Crippen LogP contribution in [0.3, 0.4) is 0 Å². The van der Waals surface area contributed by atoms with E-state index in [9.17, 15) is 0 Å². The molecule has 1 fully saturated rings. The van der Waals surface area contributed by atoms with Gasteiger partial charge in [0.05, 0.1) is 5.69 Å². The lowest BCUT2D eigenvalue weighted by Crippen LogP contribution is -2.32. The molecule has 1 aromatic rings. The third-order valence-corrected chi connectivity index (χ3v) is 6.12. The largest absolute Gasteiger partial charge is 0.252 e. The van der Waals surface area contributed by atoms with Crippen LogP contribution in [0.15, 0.2) is 30.0 Å². The molecule has 0 aromatic heterocycles. The Kier molecular flexibility index (Phi) is 3.32. The van der Waals surface area contributed by atoms with Gasteiger partial charge in [-0.1, -0.05) is 50.8 Å². The first-order valence-electron chi connectivity index (χ1n) is 8.82. The molecule has 1 aromatic carbocycles. The van der Waals surface area contributed by atoms with Crippen LogP contribution in [0, 0.1) is 11.3 Å². The van der Waals surface area contributed by atoms with Gasteiger partial charge in [0.1, 0.15) is 0 Å². The van der Waals surface area contributed by atoms with Crippen molar-refractivity contribution in [1.29, 1.82) is 0 Å². The number of fused-ring (bicyclic) bond motifs is 2. The lowest BCUT2D eigenvalue weighted by Gasteiger charge is -2.40. The molecule has 111 valence electrons. The van der Waals surface area contributed by atoms with E-state index < -0.39 is 0 Å². The van der Waals surface area contributed by atoms with Crippen molar-refractivity contribution in [2.75, 3.05) is 0 Å². The van der Waals surface area contributed by atoms with Gasteiger partial charge in [0.15, 0.2) is 0 Å². The summed E-state index contributed by atoms with van der Waals surface area (Å²) in [4.78, 5) is 0. The molecule has 1 saturated carbocycles. The van der Waals surface area contributed by atoms with E-state index in [0.717, 1.165) is 0 Å². The molecule has 1 unspecified atom stereocenters. The summed E-state index contributed by atoms with van der Waals surface area (Å²) in [5.41, 5.74) is 6.18. The predicted octanol–water partition coefficient (Wildman–Crippen LogP) is 5.81. The molecule has 0 N–H and O–H groups in total. The van der Waals surface area contributed by atoms with Crippen molar-refractivity contribution in [3.8, 4) is 0 Å². The van der Waals surface area contributed by atoms with Crippen molar-refractivity contribution < 1.29 is 0 Å². The lowest BCUT2D eigenvalue weighted by atomic mass is 9.65. The van der Waals surface area contributed by atoms with E-state index >= 15 is 0 Å². The quantitative estimate of drug-likeness (QED) is 0.576. The van der Waals surface area contributed by atoms with Crippen LogP contribution in [0.25, 0.3) is 5.57 Å². The van der Waals surface area contributed by atoms with Gasteiger partial charge in [-0.15, -0.1) is 0 Å². The van der Waals surface area contributed by atoms with Gasteiger partial charge in [0.2, 0.25) is 0 Å². The van der Waals surface area contributed by atoms with Crippen LogP contribution in [-0.4, -0.2) is 0 Å². The van der Waals surface area contributed by atoms with E-state index in [2.05, 4.69) is 31.2 Å². The van der Waals surface area contributed by atoms with Gasteiger partial charge in [-0.3, -0.25) is 5.32 Å². The zero-order chi connectivity index (χ0) is 14.3. The van der Waals surface area contributed by atoms with Gasteiger partial charge in [-0.2, -0.15) is 0 Å². The molecule has 3 aliphatic rings. The molecule has 0 saturated heterocycles. The minimum atomic E-state index is 0.489. The molecule has 2 aliphatic carbocycles. The summed E-state index contributed by atoms with van der Waals surface area (Å²) in [7, 11) is 0. The fourth-order valence-corrected chi connectivity index (χ4v) is 4.90. The number of hydrogen-bond donors (Lipinski definition) is 0. The summed E-state index contributed by atoms with van der Waals surface area (Å²) < 4.78 is 0. The fraction of sp³-hybridized carbons (Fsp3) is 0.600. The Morgan fingerprint density at radius 3 is 2.57 bits per heavy atom. The summed E-state index contributed by atoms with van der Waals surface area (Å²) in [6.45, 7) is 2.55. The van der Waals surface area contributed by atoms with Crippen LogP contribution in [0.4, 0.5) is 5.69 Å². The van der Waals surface area contributed by atoms with E-state index in [4.69, 9.17) is 5.32 Å². The highest BCUT2D eigenvalue weighted by Gasteiger charge is 2.42. The number of rotatable bonds is 1. The van der Waals surface area contributed by atoms with E-state index in [0.29, 0.717) is 11.3 Å². The van der Waals surface area contributed by atoms with Crippen LogP contribution >= 0.6 is 0 Å². The minimum absolute atomic E-state index is 0.489. The van der Waals surface area contributed by atoms with Crippen LogP contribution in [-0.2, 0) is 0 Å². The first-order chi connectivity index (χ1) is 10.3. The molecule has 1 heterocycles. The molecular weight excluding hydrogens is 254 g/mol. The SMILES string of the molecule is CC1(C2CCCC3=C2[N]c2ccccc23)CCCCCC1. The Morgan fingerprint density at radius 2 is 1.76 bits per heavy atom. The predicted molar refractivity (Wildman–Crippen MR) is 88.3 cm³/mol. The Bertz CT molecular complexity index is 561. The molecule has 1 atom stereocenters. The first kappa shape index (κ1) is 13.4. The fourth-order valence-electron chi connectivity index (χ4n) is 4.90. The Hall–Kier alpha value is -1.24. The highest BCUT2D eigenvalue weighted by molar-refractivity contribution is 5.82. The maximum Gasteiger partial charge on any atom is 0.0708 e.